The summed E-state index contributed by atoms with van der Waals surface area (Å²) < 4.78 is 53.8. The number of alkyl halides is 2. The minimum atomic E-state index is -2.79. The van der Waals surface area contributed by atoms with Crippen molar-refractivity contribution in [3.05, 3.63) is 53.1 Å². The summed E-state index contributed by atoms with van der Waals surface area (Å²) in [6, 6.07) is 11.1. The summed E-state index contributed by atoms with van der Waals surface area (Å²) >= 11 is 0. The Bertz CT molecular complexity index is 1250. The lowest BCUT2D eigenvalue weighted by molar-refractivity contribution is -0.118. The monoisotopic (exact) mass is 553 g/mol. The van der Waals surface area contributed by atoms with Crippen LogP contribution in [0.2, 0.25) is 0 Å². The van der Waals surface area contributed by atoms with Crippen molar-refractivity contribution < 1.29 is 32.6 Å². The molecule has 2 aromatic rings. The molecule has 0 amide bonds. The Labute approximate surface area is 238 Å². The van der Waals surface area contributed by atoms with Crippen molar-refractivity contribution in [1.82, 2.24) is 0 Å². The second kappa shape index (κ2) is 10.4. The molecular formula is C31H41B2F2O5. The third kappa shape index (κ3) is 5.59. The molecule has 5 nitrogen and oxygen atoms in total. The number of aliphatic hydroxyl groups is 1. The quantitative estimate of drug-likeness (QED) is 0.467. The SMILES string of the molecule is CC(C)(O)C(C)(CCC1(C)OB(c2ccc3c(c2)CCCC3(F)F)OC1(C)C)O[B]c1ccc2c(c1)CCCO2. The third-order valence-electron chi connectivity index (χ3n) is 9.54. The van der Waals surface area contributed by atoms with E-state index in [0.717, 1.165) is 41.7 Å². The highest BCUT2D eigenvalue weighted by molar-refractivity contribution is 6.62. The van der Waals surface area contributed by atoms with Crippen molar-refractivity contribution in [2.24, 2.45) is 0 Å². The van der Waals surface area contributed by atoms with Crippen LogP contribution in [0.5, 0.6) is 5.75 Å². The first-order valence-corrected chi connectivity index (χ1v) is 14.5. The zero-order chi connectivity index (χ0) is 29.0. The molecule has 2 atom stereocenters. The zero-order valence-electron chi connectivity index (χ0n) is 24.6. The lowest BCUT2D eigenvalue weighted by Crippen LogP contribution is -2.54. The second-order valence-electron chi connectivity index (χ2n) is 13.1. The summed E-state index contributed by atoms with van der Waals surface area (Å²) in [5.74, 6) is -1.87. The topological polar surface area (TPSA) is 57.2 Å². The van der Waals surface area contributed by atoms with Crippen LogP contribution in [0.1, 0.15) is 90.3 Å². The number of fused-ring (bicyclic) bond motifs is 2. The lowest BCUT2D eigenvalue weighted by atomic mass is 9.74. The number of ether oxygens (including phenoxy) is 1. The first-order chi connectivity index (χ1) is 18.6. The molecule has 2 aliphatic heterocycles. The van der Waals surface area contributed by atoms with E-state index in [1.165, 1.54) is 6.07 Å². The first-order valence-electron chi connectivity index (χ1n) is 14.5. The standard InChI is InChI=1S/C31H41B2F2O5/c1-27(2,36)29(5,38-32-23-11-14-26-22(19-23)10-8-18-37-26)16-17-30(6)28(3,4)39-33(40-30)24-12-13-25-21(20-24)9-7-15-31(25,34)35/h11-14,19-20,36H,7-10,15-18H2,1-6H3. The van der Waals surface area contributed by atoms with Gasteiger partial charge in [0.1, 0.15) is 5.75 Å². The van der Waals surface area contributed by atoms with Gasteiger partial charge in [0.2, 0.25) is 0 Å². The summed E-state index contributed by atoms with van der Waals surface area (Å²) in [5.41, 5.74) is 0.168. The maximum atomic E-state index is 14.4. The summed E-state index contributed by atoms with van der Waals surface area (Å²) in [7, 11) is 1.05. The highest BCUT2D eigenvalue weighted by Crippen LogP contribution is 2.44. The number of aryl methyl sites for hydroxylation is 2. The fourth-order valence-electron chi connectivity index (χ4n) is 5.89. The molecule has 2 unspecified atom stereocenters. The Kier molecular flexibility index (Phi) is 7.69. The molecule has 0 saturated carbocycles. The van der Waals surface area contributed by atoms with Gasteiger partial charge in [0.05, 0.1) is 29.0 Å². The predicted molar refractivity (Wildman–Crippen MR) is 154 cm³/mol. The number of rotatable bonds is 8. The Morgan fingerprint density at radius 1 is 1.00 bits per heavy atom. The summed E-state index contributed by atoms with van der Waals surface area (Å²) in [4.78, 5) is 0. The molecule has 40 heavy (non-hydrogen) atoms. The summed E-state index contributed by atoms with van der Waals surface area (Å²) in [6.07, 6.45) is 3.99. The molecule has 0 spiro atoms. The van der Waals surface area contributed by atoms with Crippen LogP contribution in [0, 0.1) is 0 Å². The Balaban J connectivity index is 1.30. The molecule has 0 aromatic heterocycles. The van der Waals surface area contributed by atoms with Crippen LogP contribution < -0.4 is 15.7 Å². The fraction of sp³-hybridized carbons (Fsp3) is 0.613. The molecule has 5 rings (SSSR count). The number of hydrogen-bond donors (Lipinski definition) is 1. The average molecular weight is 553 g/mol. The Morgan fingerprint density at radius 2 is 1.75 bits per heavy atom. The summed E-state index contributed by atoms with van der Waals surface area (Å²) in [6.45, 7) is 12.2. The van der Waals surface area contributed by atoms with Crippen LogP contribution in [0.3, 0.4) is 0 Å². The summed E-state index contributed by atoms with van der Waals surface area (Å²) in [5, 5.41) is 11.2. The van der Waals surface area contributed by atoms with E-state index in [4.69, 9.17) is 18.7 Å². The van der Waals surface area contributed by atoms with Crippen molar-refractivity contribution in [2.75, 3.05) is 6.61 Å². The highest BCUT2D eigenvalue weighted by atomic mass is 19.3. The van der Waals surface area contributed by atoms with E-state index in [0.29, 0.717) is 31.2 Å². The molecule has 1 fully saturated rings. The number of benzene rings is 2. The first kappa shape index (κ1) is 29.6. The van der Waals surface area contributed by atoms with Gasteiger partial charge in [0, 0.05) is 12.0 Å². The normalized spacial score (nSPS) is 25.0. The average Bonchev–Trinajstić information content (AvgIpc) is 3.13. The molecule has 1 saturated heterocycles. The second-order valence-corrected chi connectivity index (χ2v) is 13.1. The van der Waals surface area contributed by atoms with Crippen molar-refractivity contribution in [2.45, 2.75) is 115 Å². The van der Waals surface area contributed by atoms with E-state index >= 15 is 0 Å². The minimum Gasteiger partial charge on any atom is -0.493 e. The van der Waals surface area contributed by atoms with Gasteiger partial charge in [0.25, 0.3) is 5.92 Å². The molecule has 215 valence electrons. The predicted octanol–water partition coefficient (Wildman–Crippen LogP) is 4.99. The van der Waals surface area contributed by atoms with Crippen LogP contribution in [0.15, 0.2) is 36.4 Å². The highest BCUT2D eigenvalue weighted by Gasteiger charge is 2.56. The molecule has 3 aliphatic rings. The lowest BCUT2D eigenvalue weighted by Gasteiger charge is -2.44. The largest absolute Gasteiger partial charge is 0.494 e. The van der Waals surface area contributed by atoms with Gasteiger partial charge < -0.3 is 23.8 Å². The third-order valence-corrected chi connectivity index (χ3v) is 9.54. The van der Waals surface area contributed by atoms with Crippen LogP contribution in [0.4, 0.5) is 8.78 Å². The van der Waals surface area contributed by atoms with E-state index in [9.17, 15) is 13.9 Å². The van der Waals surface area contributed by atoms with Crippen LogP contribution in [-0.4, -0.2) is 48.7 Å². The molecule has 1 radical (unpaired) electrons. The maximum Gasteiger partial charge on any atom is 0.494 e. The van der Waals surface area contributed by atoms with Crippen molar-refractivity contribution >= 4 is 25.5 Å². The van der Waals surface area contributed by atoms with E-state index < -0.39 is 35.4 Å². The van der Waals surface area contributed by atoms with Crippen LogP contribution in [0.25, 0.3) is 0 Å². The van der Waals surface area contributed by atoms with Crippen LogP contribution >= 0.6 is 0 Å². The zero-order valence-corrected chi connectivity index (χ0v) is 24.6. The van der Waals surface area contributed by atoms with Crippen molar-refractivity contribution in [1.29, 1.82) is 0 Å². The van der Waals surface area contributed by atoms with Crippen molar-refractivity contribution in [3.63, 3.8) is 0 Å². The molecule has 1 N–H and O–H groups in total. The van der Waals surface area contributed by atoms with Gasteiger partial charge >= 0.3 is 14.6 Å². The van der Waals surface area contributed by atoms with E-state index in [-0.39, 0.29) is 12.0 Å². The maximum absolute atomic E-state index is 14.4. The molecular weight excluding hydrogens is 512 g/mol. The minimum absolute atomic E-state index is 0.110. The number of halogens is 2. The van der Waals surface area contributed by atoms with E-state index in [2.05, 4.69) is 6.07 Å². The molecule has 1 aliphatic carbocycles. The van der Waals surface area contributed by atoms with Gasteiger partial charge in [-0.05, 0) is 103 Å². The Morgan fingerprint density at radius 3 is 2.50 bits per heavy atom. The number of hydrogen-bond acceptors (Lipinski definition) is 5. The molecule has 0 bridgehead atoms. The fourth-order valence-corrected chi connectivity index (χ4v) is 5.89. The van der Waals surface area contributed by atoms with Gasteiger partial charge in [-0.15, -0.1) is 0 Å². The molecule has 2 aromatic carbocycles. The molecule has 9 heteroatoms. The van der Waals surface area contributed by atoms with Gasteiger partial charge in [-0.25, -0.2) is 8.78 Å². The van der Waals surface area contributed by atoms with E-state index in [1.807, 2.05) is 45.9 Å². The van der Waals surface area contributed by atoms with E-state index in [1.54, 1.807) is 27.4 Å². The van der Waals surface area contributed by atoms with Crippen molar-refractivity contribution in [3.8, 4) is 5.75 Å². The smallest absolute Gasteiger partial charge is 0.493 e. The van der Waals surface area contributed by atoms with Gasteiger partial charge in [-0.2, -0.15) is 0 Å². The van der Waals surface area contributed by atoms with Gasteiger partial charge in [-0.3, -0.25) is 0 Å². The van der Waals surface area contributed by atoms with Gasteiger partial charge in [0.15, 0.2) is 0 Å². The Hall–Kier alpha value is -1.93. The van der Waals surface area contributed by atoms with Crippen LogP contribution in [-0.2, 0) is 32.7 Å². The molecule has 2 heterocycles. The van der Waals surface area contributed by atoms with Gasteiger partial charge in [-0.1, -0.05) is 35.8 Å².